The van der Waals surface area contributed by atoms with E-state index < -0.39 is 11.7 Å². The maximum atomic E-state index is 12.7. The monoisotopic (exact) mass is 402 g/mol. The lowest BCUT2D eigenvalue weighted by Crippen LogP contribution is -2.07. The molecule has 0 aliphatic heterocycles. The highest BCUT2D eigenvalue weighted by molar-refractivity contribution is 9.10. The molecule has 0 aliphatic rings. The second-order valence-electron chi connectivity index (χ2n) is 4.11. The van der Waals surface area contributed by atoms with E-state index >= 15 is 0 Å². The summed E-state index contributed by atoms with van der Waals surface area (Å²) in [5.74, 6) is 0.277. The first kappa shape index (κ1) is 16.5. The van der Waals surface area contributed by atoms with Gasteiger partial charge in [-0.05, 0) is 35.0 Å². The van der Waals surface area contributed by atoms with Crippen molar-refractivity contribution in [2.45, 2.75) is 13.1 Å². The predicted octanol–water partition coefficient (Wildman–Crippen LogP) is 5.28. The average Bonchev–Trinajstić information content (AvgIpc) is 2.65. The Kier molecular flexibility index (Phi) is 4.46. The zero-order valence-electron chi connectivity index (χ0n) is 10.7. The summed E-state index contributed by atoms with van der Waals surface area (Å²) in [4.78, 5) is 0. The molecule has 9 heteroatoms. The number of alkyl halides is 3. The van der Waals surface area contributed by atoms with Gasteiger partial charge in [-0.1, -0.05) is 23.2 Å². The molecule has 0 fully saturated rings. The standard InChI is InChI=1S/C12H8BrCl2F3N2O/c1-5-9(13)11(21-2)19-20(5)10-7(14)3-6(4-8(10)15)12(16,17)18/h3-4H,1-2H3. The fraction of sp³-hybridized carbons (Fsp3) is 0.250. The van der Waals surface area contributed by atoms with Crippen molar-refractivity contribution in [1.82, 2.24) is 9.78 Å². The van der Waals surface area contributed by atoms with E-state index in [1.54, 1.807) is 6.92 Å². The third-order valence-corrected chi connectivity index (χ3v) is 4.25. The molecule has 2 aromatic rings. The first-order valence-electron chi connectivity index (χ1n) is 5.52. The van der Waals surface area contributed by atoms with Crippen LogP contribution in [0, 0.1) is 6.92 Å². The van der Waals surface area contributed by atoms with Crippen molar-refractivity contribution >= 4 is 39.1 Å². The van der Waals surface area contributed by atoms with Gasteiger partial charge in [0.25, 0.3) is 0 Å². The smallest absolute Gasteiger partial charge is 0.416 e. The van der Waals surface area contributed by atoms with Crippen LogP contribution in [0.25, 0.3) is 5.69 Å². The number of aromatic nitrogens is 2. The molecule has 0 saturated carbocycles. The molecule has 0 radical (unpaired) electrons. The zero-order valence-corrected chi connectivity index (χ0v) is 13.8. The summed E-state index contributed by atoms with van der Waals surface area (Å²) in [5.41, 5.74) is -0.166. The molecule has 0 spiro atoms. The summed E-state index contributed by atoms with van der Waals surface area (Å²) in [6, 6.07) is 1.62. The molecule has 21 heavy (non-hydrogen) atoms. The summed E-state index contributed by atoms with van der Waals surface area (Å²) < 4.78 is 45.1. The van der Waals surface area contributed by atoms with Crippen LogP contribution in [0.15, 0.2) is 16.6 Å². The van der Waals surface area contributed by atoms with Crippen LogP contribution >= 0.6 is 39.1 Å². The Hall–Kier alpha value is -0.920. The van der Waals surface area contributed by atoms with E-state index in [2.05, 4.69) is 21.0 Å². The highest BCUT2D eigenvalue weighted by Gasteiger charge is 2.32. The Morgan fingerprint density at radius 3 is 2.14 bits per heavy atom. The quantitative estimate of drug-likeness (QED) is 0.682. The van der Waals surface area contributed by atoms with Crippen molar-refractivity contribution < 1.29 is 17.9 Å². The summed E-state index contributed by atoms with van der Waals surface area (Å²) in [6.45, 7) is 1.70. The maximum Gasteiger partial charge on any atom is 0.416 e. The van der Waals surface area contributed by atoms with Crippen molar-refractivity contribution in [3.63, 3.8) is 0 Å². The number of halogens is 6. The van der Waals surface area contributed by atoms with Gasteiger partial charge in [-0.2, -0.15) is 13.2 Å². The molecular formula is C12H8BrCl2F3N2O. The van der Waals surface area contributed by atoms with Gasteiger partial charge in [0.05, 0.1) is 28.4 Å². The molecule has 0 atom stereocenters. The molecule has 1 aromatic heterocycles. The summed E-state index contributed by atoms with van der Waals surface area (Å²) in [5, 5.41) is 3.80. The number of nitrogens with zero attached hydrogens (tertiary/aromatic N) is 2. The van der Waals surface area contributed by atoms with Gasteiger partial charge in [0.15, 0.2) is 0 Å². The Morgan fingerprint density at radius 1 is 1.24 bits per heavy atom. The van der Waals surface area contributed by atoms with Crippen LogP contribution in [0.5, 0.6) is 5.88 Å². The van der Waals surface area contributed by atoms with Crippen molar-refractivity contribution in [2.24, 2.45) is 0 Å². The van der Waals surface area contributed by atoms with Crippen LogP contribution in [-0.2, 0) is 6.18 Å². The summed E-state index contributed by atoms with van der Waals surface area (Å²) >= 11 is 15.2. The molecule has 0 N–H and O–H groups in total. The molecular weight excluding hydrogens is 396 g/mol. The SMILES string of the molecule is COc1nn(-c2c(Cl)cc(C(F)(F)F)cc2Cl)c(C)c1Br. The minimum Gasteiger partial charge on any atom is -0.479 e. The van der Waals surface area contributed by atoms with Crippen LogP contribution in [0.1, 0.15) is 11.3 Å². The van der Waals surface area contributed by atoms with Gasteiger partial charge >= 0.3 is 6.18 Å². The van der Waals surface area contributed by atoms with Crippen LogP contribution in [0.2, 0.25) is 10.0 Å². The molecule has 3 nitrogen and oxygen atoms in total. The maximum absolute atomic E-state index is 12.7. The van der Waals surface area contributed by atoms with Crippen molar-refractivity contribution in [3.05, 3.63) is 37.9 Å². The number of benzene rings is 1. The summed E-state index contributed by atoms with van der Waals surface area (Å²) in [7, 11) is 1.42. The fourth-order valence-corrected chi connectivity index (χ4v) is 2.79. The number of rotatable bonds is 2. The van der Waals surface area contributed by atoms with Gasteiger partial charge in [0.2, 0.25) is 5.88 Å². The number of methoxy groups -OCH3 is 1. The van der Waals surface area contributed by atoms with Crippen LogP contribution < -0.4 is 4.74 Å². The van der Waals surface area contributed by atoms with E-state index in [4.69, 9.17) is 27.9 Å². The minimum absolute atomic E-state index is 0.157. The van der Waals surface area contributed by atoms with Crippen molar-refractivity contribution in [2.75, 3.05) is 7.11 Å². The molecule has 0 amide bonds. The zero-order chi connectivity index (χ0) is 15.9. The lowest BCUT2D eigenvalue weighted by Gasteiger charge is -2.13. The topological polar surface area (TPSA) is 27.1 Å². The van der Waals surface area contributed by atoms with Gasteiger partial charge < -0.3 is 4.74 Å². The first-order valence-corrected chi connectivity index (χ1v) is 7.07. The Balaban J connectivity index is 2.66. The van der Waals surface area contributed by atoms with Gasteiger partial charge in [-0.3, -0.25) is 0 Å². The van der Waals surface area contributed by atoms with E-state index in [1.807, 2.05) is 0 Å². The normalized spacial score (nSPS) is 11.8. The van der Waals surface area contributed by atoms with Crippen molar-refractivity contribution in [3.8, 4) is 11.6 Å². The van der Waals surface area contributed by atoms with Crippen LogP contribution in [0.3, 0.4) is 0 Å². The molecule has 2 rings (SSSR count). The van der Waals surface area contributed by atoms with Gasteiger partial charge in [0, 0.05) is 0 Å². The van der Waals surface area contributed by atoms with E-state index in [0.29, 0.717) is 10.2 Å². The van der Waals surface area contributed by atoms with Gasteiger partial charge in [0.1, 0.15) is 10.2 Å². The average molecular weight is 404 g/mol. The lowest BCUT2D eigenvalue weighted by atomic mass is 10.2. The van der Waals surface area contributed by atoms with E-state index in [0.717, 1.165) is 12.1 Å². The van der Waals surface area contributed by atoms with Crippen LogP contribution in [0.4, 0.5) is 13.2 Å². The first-order chi connectivity index (χ1) is 9.66. The van der Waals surface area contributed by atoms with E-state index in [1.165, 1.54) is 11.8 Å². The largest absolute Gasteiger partial charge is 0.479 e. The second-order valence-corrected chi connectivity index (χ2v) is 5.71. The number of hydrogen-bond donors (Lipinski definition) is 0. The molecule has 1 aromatic carbocycles. The highest BCUT2D eigenvalue weighted by atomic mass is 79.9. The van der Waals surface area contributed by atoms with E-state index in [9.17, 15) is 13.2 Å². The predicted molar refractivity (Wildman–Crippen MR) is 77.6 cm³/mol. The lowest BCUT2D eigenvalue weighted by molar-refractivity contribution is -0.137. The Morgan fingerprint density at radius 2 is 1.76 bits per heavy atom. The van der Waals surface area contributed by atoms with Crippen LogP contribution in [-0.4, -0.2) is 16.9 Å². The molecule has 1 heterocycles. The highest BCUT2D eigenvalue weighted by Crippen LogP contribution is 2.39. The van der Waals surface area contributed by atoms with Gasteiger partial charge in [-0.15, -0.1) is 5.10 Å². The number of ether oxygens (including phenoxy) is 1. The third kappa shape index (κ3) is 3.00. The molecule has 0 unspecified atom stereocenters. The molecule has 114 valence electrons. The van der Waals surface area contributed by atoms with Gasteiger partial charge in [-0.25, -0.2) is 4.68 Å². The summed E-state index contributed by atoms with van der Waals surface area (Å²) in [6.07, 6.45) is -4.52. The van der Waals surface area contributed by atoms with Crippen molar-refractivity contribution in [1.29, 1.82) is 0 Å². The number of hydrogen-bond acceptors (Lipinski definition) is 2. The minimum atomic E-state index is -4.52. The Bertz CT molecular complexity index is 678. The molecule has 0 bridgehead atoms. The molecule has 0 aliphatic carbocycles. The second kappa shape index (κ2) is 5.70. The van der Waals surface area contributed by atoms with E-state index in [-0.39, 0.29) is 21.6 Å². The molecule has 0 saturated heterocycles. The Labute approximate surface area is 136 Å². The third-order valence-electron chi connectivity index (χ3n) is 2.76. The fourth-order valence-electron chi connectivity index (χ4n) is 1.74.